The van der Waals surface area contributed by atoms with Gasteiger partial charge in [-0.25, -0.2) is 4.79 Å². The number of aromatic nitrogens is 2. The maximum atomic E-state index is 12.7. The van der Waals surface area contributed by atoms with Crippen molar-refractivity contribution in [3.8, 4) is 0 Å². The fourth-order valence-electron chi connectivity index (χ4n) is 3.73. The van der Waals surface area contributed by atoms with Crippen molar-refractivity contribution >= 4 is 43.4 Å². The SMILES string of the molecule is [2H]B([3H])CSOC[C@@H]1C[C@@H](C)[C@H](n2ccc(NC(=O)c3ccc(COC(=O)CCC(=O)NC)cc3)nc2=O)O1. The van der Waals surface area contributed by atoms with Crippen LogP contribution < -0.4 is 16.3 Å². The highest BCUT2D eigenvalue weighted by Gasteiger charge is 2.34. The molecule has 0 saturated carbocycles. The molecular weight excluding hydrogens is 499 g/mol. The van der Waals surface area contributed by atoms with E-state index in [1.165, 1.54) is 23.9 Å². The molecule has 1 aliphatic heterocycles. The minimum absolute atomic E-state index is 0.0125. The first-order valence-electron chi connectivity index (χ1n) is 12.9. The van der Waals surface area contributed by atoms with Crippen LogP contribution >= 0.6 is 12.0 Å². The van der Waals surface area contributed by atoms with Gasteiger partial charge in [-0.3, -0.25) is 19.0 Å². The molecule has 3 rings (SSSR count). The molecule has 1 aliphatic rings. The van der Waals surface area contributed by atoms with Gasteiger partial charge in [-0.1, -0.05) is 19.1 Å². The van der Waals surface area contributed by atoms with Crippen molar-refractivity contribution in [2.75, 3.05) is 24.6 Å². The van der Waals surface area contributed by atoms with E-state index < -0.39 is 31.6 Å². The number of esters is 1. The second-order valence-corrected chi connectivity index (χ2v) is 9.22. The number of nitrogens with one attached hydrogen (secondary N) is 2. The molecule has 2 N–H and O–H groups in total. The summed E-state index contributed by atoms with van der Waals surface area (Å²) in [6.07, 6.45) is 1.47. The average molecular weight is 533 g/mol. The molecule has 1 fully saturated rings. The number of carbonyl (C=O) groups is 3. The lowest BCUT2D eigenvalue weighted by Crippen LogP contribution is -2.30. The third-order valence-corrected chi connectivity index (χ3v) is 6.09. The topological polar surface area (TPSA) is 138 Å². The Morgan fingerprint density at radius 2 is 2.11 bits per heavy atom. The van der Waals surface area contributed by atoms with E-state index in [0.29, 0.717) is 17.5 Å². The van der Waals surface area contributed by atoms with E-state index in [2.05, 4.69) is 15.6 Å². The standard InChI is InChI=1S/C24H31BN4O7S/c1-15-11-18(13-35-37-14-25)36-23(15)29-10-9-19(28-24(29)33)27-22(32)17-5-3-16(4-6-17)12-34-21(31)8-7-20(30)26-2/h3-6,9-10,15,18,23H,7-8,11-14,25H2,1-2H3,(H,26,30)(H,27,28,32,33)/t15-,18+,23-/m1/s1/i25TD. The maximum absolute atomic E-state index is 12.7. The van der Waals surface area contributed by atoms with Gasteiger partial charge in [0.05, 0.1) is 19.1 Å². The van der Waals surface area contributed by atoms with Gasteiger partial charge in [0.1, 0.15) is 26.4 Å². The fraction of sp³-hybridized carbons (Fsp3) is 0.458. The summed E-state index contributed by atoms with van der Waals surface area (Å²) < 4.78 is 32.2. The number of amides is 2. The van der Waals surface area contributed by atoms with Gasteiger partial charge in [0, 0.05) is 31.1 Å². The molecule has 1 saturated heterocycles. The van der Waals surface area contributed by atoms with E-state index in [1.54, 1.807) is 24.3 Å². The number of hydrogen-bond acceptors (Lipinski definition) is 9. The Kier molecular flexibility index (Phi) is 9.62. The third kappa shape index (κ3) is 8.44. The van der Waals surface area contributed by atoms with Gasteiger partial charge in [0.25, 0.3) is 5.91 Å². The minimum atomic E-state index is -0.959. The Morgan fingerprint density at radius 1 is 1.32 bits per heavy atom. The maximum Gasteiger partial charge on any atom is 0.351 e. The first-order valence-corrected chi connectivity index (χ1v) is 12.7. The largest absolute Gasteiger partial charge is 0.461 e. The van der Waals surface area contributed by atoms with Gasteiger partial charge >= 0.3 is 11.7 Å². The van der Waals surface area contributed by atoms with Crippen LogP contribution in [0.1, 0.15) is 48.3 Å². The van der Waals surface area contributed by atoms with E-state index in [0.717, 1.165) is 12.0 Å². The van der Waals surface area contributed by atoms with E-state index >= 15 is 0 Å². The predicted octanol–water partition coefficient (Wildman–Crippen LogP) is 1.24. The molecule has 198 valence electrons. The Bertz CT molecular complexity index is 1200. The number of carbonyl (C=O) groups excluding carboxylic acids is 3. The Morgan fingerprint density at radius 3 is 2.81 bits per heavy atom. The number of hydrogen-bond donors (Lipinski definition) is 2. The monoisotopic (exact) mass is 533 g/mol. The van der Waals surface area contributed by atoms with Crippen LogP contribution in [0.4, 0.5) is 5.82 Å². The van der Waals surface area contributed by atoms with Crippen LogP contribution in [0.5, 0.6) is 0 Å². The van der Waals surface area contributed by atoms with Crippen molar-refractivity contribution in [3.05, 3.63) is 58.1 Å². The summed E-state index contributed by atoms with van der Waals surface area (Å²) in [5.74, 6) is -1.08. The van der Waals surface area contributed by atoms with Crippen LogP contribution in [0, 0.1) is 5.92 Å². The van der Waals surface area contributed by atoms with Gasteiger partial charge in [0.2, 0.25) is 5.91 Å². The lowest BCUT2D eigenvalue weighted by Gasteiger charge is -2.18. The Hall–Kier alpha value is -3.16. The number of rotatable bonds is 13. The predicted molar refractivity (Wildman–Crippen MR) is 141 cm³/mol. The lowest BCUT2D eigenvalue weighted by molar-refractivity contribution is -0.146. The molecule has 37 heavy (non-hydrogen) atoms. The summed E-state index contributed by atoms with van der Waals surface area (Å²) in [4.78, 5) is 52.2. The van der Waals surface area contributed by atoms with Crippen molar-refractivity contribution < 1.29 is 28.0 Å². The molecule has 1 aromatic carbocycles. The molecular formula is C24H31BN4O7S. The smallest absolute Gasteiger partial charge is 0.351 e. The Balaban J connectivity index is 1.50. The van der Waals surface area contributed by atoms with Gasteiger partial charge in [-0.15, -0.1) is 0 Å². The first-order chi connectivity index (χ1) is 18.7. The Labute approximate surface area is 223 Å². The minimum Gasteiger partial charge on any atom is -0.461 e. The van der Waals surface area contributed by atoms with Crippen LogP contribution in [0.3, 0.4) is 0 Å². The van der Waals surface area contributed by atoms with Gasteiger partial charge in [-0.05, 0) is 50.5 Å². The second kappa shape index (κ2) is 14.0. The van der Waals surface area contributed by atoms with Crippen molar-refractivity contribution in [1.29, 1.82) is 2.67 Å². The number of anilines is 1. The molecule has 3 atom stereocenters. The molecule has 2 heterocycles. The van der Waals surface area contributed by atoms with Gasteiger partial charge in [-0.2, -0.15) is 4.98 Å². The third-order valence-electron chi connectivity index (χ3n) is 5.66. The highest BCUT2D eigenvalue weighted by molar-refractivity contribution is 7.95. The number of benzene rings is 1. The van der Waals surface area contributed by atoms with E-state index in [-0.39, 0.29) is 55.5 Å². The zero-order valence-corrected chi connectivity index (χ0v) is 21.5. The van der Waals surface area contributed by atoms with E-state index in [4.69, 9.17) is 16.3 Å². The summed E-state index contributed by atoms with van der Waals surface area (Å²) in [5, 5.41) is 5.04. The highest BCUT2D eigenvalue weighted by Crippen LogP contribution is 2.33. The van der Waals surface area contributed by atoms with Crippen molar-refractivity contribution in [1.82, 2.24) is 14.9 Å². The van der Waals surface area contributed by atoms with Crippen LogP contribution in [-0.2, 0) is 29.9 Å². The molecule has 2 aromatic rings. The number of nitrogens with zero attached hydrogens (tertiary/aromatic N) is 2. The summed E-state index contributed by atoms with van der Waals surface area (Å²) in [5.41, 5.74) is 0.667. The summed E-state index contributed by atoms with van der Waals surface area (Å²) in [6.45, 7) is 2.26. The van der Waals surface area contributed by atoms with E-state index in [1.807, 2.05) is 6.92 Å². The van der Waals surface area contributed by atoms with Crippen LogP contribution in [0.15, 0.2) is 41.3 Å². The summed E-state index contributed by atoms with van der Waals surface area (Å²) in [7, 11) is 0.534. The summed E-state index contributed by atoms with van der Waals surface area (Å²) in [6, 6.07) is 7.92. The van der Waals surface area contributed by atoms with Crippen molar-refractivity contribution in [2.45, 2.75) is 45.1 Å². The quantitative estimate of drug-likeness (QED) is 0.169. The molecule has 11 nitrogen and oxygen atoms in total. The highest BCUT2D eigenvalue weighted by atomic mass is 32.2. The zero-order chi connectivity index (χ0) is 28.4. The fourth-order valence-corrected chi connectivity index (χ4v) is 4.07. The van der Waals surface area contributed by atoms with Gasteiger partial charge < -0.3 is 24.3 Å². The normalized spacial score (nSPS) is 19.5. The molecule has 0 unspecified atom stereocenters. The molecule has 0 aliphatic carbocycles. The van der Waals surface area contributed by atoms with Crippen molar-refractivity contribution in [3.63, 3.8) is 0 Å². The van der Waals surface area contributed by atoms with Crippen LogP contribution in [0.25, 0.3) is 0 Å². The van der Waals surface area contributed by atoms with E-state index in [9.17, 15) is 19.2 Å². The van der Waals surface area contributed by atoms with Crippen molar-refractivity contribution in [2.24, 2.45) is 5.92 Å². The second-order valence-electron chi connectivity index (χ2n) is 8.42. The van der Waals surface area contributed by atoms with Crippen LogP contribution in [-0.4, -0.2) is 63.2 Å². The van der Waals surface area contributed by atoms with Gasteiger partial charge in [0.15, 0.2) is 0 Å². The molecule has 0 spiro atoms. The first kappa shape index (κ1) is 25.5. The average Bonchev–Trinajstić information content (AvgIpc) is 3.28. The number of ether oxygens (including phenoxy) is 2. The summed E-state index contributed by atoms with van der Waals surface area (Å²) >= 11 is 1.05. The molecule has 2 amide bonds. The lowest BCUT2D eigenvalue weighted by atomic mass is 10.1. The van der Waals surface area contributed by atoms with Crippen LogP contribution in [0.2, 0.25) is 0 Å². The molecule has 0 bridgehead atoms. The molecule has 13 heteroatoms. The zero-order valence-electron chi connectivity index (χ0n) is 22.7. The molecule has 0 radical (unpaired) electrons. The molecule has 1 aromatic heterocycles.